The molecule has 0 atom stereocenters. The van der Waals surface area contributed by atoms with Gasteiger partial charge in [0, 0.05) is 26.2 Å². The average Bonchev–Trinajstić information content (AvgIpc) is 2.85. The molecule has 0 aliphatic carbocycles. The van der Waals surface area contributed by atoms with E-state index in [-0.39, 0.29) is 24.5 Å². The maximum Gasteiger partial charge on any atom is 0.292 e. The van der Waals surface area contributed by atoms with Gasteiger partial charge in [0.1, 0.15) is 5.69 Å². The summed E-state index contributed by atoms with van der Waals surface area (Å²) in [7, 11) is 0. The zero-order valence-corrected chi connectivity index (χ0v) is 9.67. The summed E-state index contributed by atoms with van der Waals surface area (Å²) in [5.41, 5.74) is 5.83. The second-order valence-corrected chi connectivity index (χ2v) is 4.08. The fourth-order valence-electron chi connectivity index (χ4n) is 2.32. The molecule has 7 heteroatoms. The zero-order valence-electron chi connectivity index (χ0n) is 9.67. The monoisotopic (exact) mass is 242 g/mol. The summed E-state index contributed by atoms with van der Waals surface area (Å²) in [4.78, 5) is 13.6. The van der Waals surface area contributed by atoms with Gasteiger partial charge < -0.3 is 20.8 Å². The fourth-order valence-corrected chi connectivity index (χ4v) is 2.32. The van der Waals surface area contributed by atoms with Gasteiger partial charge in [-0.05, 0) is 6.42 Å². The fraction of sp³-hybridized carbons (Fsp3) is 0.700. The van der Waals surface area contributed by atoms with Crippen molar-refractivity contribution in [3.05, 3.63) is 10.4 Å². The van der Waals surface area contributed by atoms with E-state index in [4.69, 9.17) is 15.9 Å². The van der Waals surface area contributed by atoms with Crippen molar-refractivity contribution >= 4 is 11.5 Å². The molecule has 1 aromatic heterocycles. The number of anilines is 2. The van der Waals surface area contributed by atoms with Crippen molar-refractivity contribution in [2.24, 2.45) is 0 Å². The highest BCUT2D eigenvalue weighted by Gasteiger charge is 2.24. The summed E-state index contributed by atoms with van der Waals surface area (Å²) in [6, 6.07) is 0. The number of nitrogens with zero attached hydrogens (tertiary/aromatic N) is 3. The molecule has 1 aliphatic heterocycles. The van der Waals surface area contributed by atoms with E-state index in [2.05, 4.69) is 0 Å². The van der Waals surface area contributed by atoms with Crippen LogP contribution < -0.4 is 16.2 Å². The lowest BCUT2D eigenvalue weighted by Crippen LogP contribution is -2.32. The van der Waals surface area contributed by atoms with Gasteiger partial charge >= 0.3 is 0 Å². The van der Waals surface area contributed by atoms with E-state index in [0.717, 1.165) is 13.0 Å². The molecule has 0 aromatic carbocycles. The van der Waals surface area contributed by atoms with Crippen LogP contribution in [0.25, 0.3) is 0 Å². The minimum Gasteiger partial charge on any atom is -0.395 e. The van der Waals surface area contributed by atoms with E-state index >= 15 is 0 Å². The van der Waals surface area contributed by atoms with Gasteiger partial charge in [0.05, 0.1) is 13.2 Å². The Kier molecular flexibility index (Phi) is 3.39. The molecule has 1 aromatic rings. The largest absolute Gasteiger partial charge is 0.395 e. The SMILES string of the molecule is Nc1c(N(CCO)CCO)n2n(c1=O)CCC2. The van der Waals surface area contributed by atoms with Crippen molar-refractivity contribution in [2.45, 2.75) is 19.5 Å². The lowest BCUT2D eigenvalue weighted by atomic mass is 10.3. The first-order valence-corrected chi connectivity index (χ1v) is 5.76. The number of nitrogen functional groups attached to an aromatic ring is 1. The third-order valence-electron chi connectivity index (χ3n) is 3.02. The Morgan fingerprint density at radius 3 is 2.35 bits per heavy atom. The molecule has 0 unspecified atom stereocenters. The number of fused-ring (bicyclic) bond motifs is 1. The number of hydrogen-bond acceptors (Lipinski definition) is 5. The molecule has 0 amide bonds. The zero-order chi connectivity index (χ0) is 12.4. The lowest BCUT2D eigenvalue weighted by Gasteiger charge is -2.23. The second kappa shape index (κ2) is 4.80. The molecule has 2 rings (SSSR count). The Hall–Kier alpha value is -1.47. The third kappa shape index (κ3) is 1.91. The van der Waals surface area contributed by atoms with Crippen LogP contribution in [0.4, 0.5) is 11.5 Å². The molecule has 1 aliphatic rings. The number of nitrogens with two attached hydrogens (primary N) is 1. The third-order valence-corrected chi connectivity index (χ3v) is 3.02. The molecular formula is C10H18N4O3. The maximum atomic E-state index is 11.9. The highest BCUT2D eigenvalue weighted by molar-refractivity contribution is 5.63. The topological polar surface area (TPSA) is 96.7 Å². The molecule has 2 heterocycles. The second-order valence-electron chi connectivity index (χ2n) is 4.08. The van der Waals surface area contributed by atoms with Gasteiger partial charge in [-0.25, -0.2) is 4.68 Å². The first-order chi connectivity index (χ1) is 8.20. The summed E-state index contributed by atoms with van der Waals surface area (Å²) in [5.74, 6) is 0.621. The number of aliphatic hydroxyl groups is 2. The van der Waals surface area contributed by atoms with Crippen molar-refractivity contribution in [1.29, 1.82) is 0 Å². The van der Waals surface area contributed by atoms with Crippen LogP contribution >= 0.6 is 0 Å². The standard InChI is InChI=1S/C10H18N4O3/c11-8-9(12(4-6-15)5-7-16)13-2-1-3-14(13)10(8)17/h15-16H,1-7,11H2. The van der Waals surface area contributed by atoms with Gasteiger partial charge in [-0.3, -0.25) is 9.48 Å². The van der Waals surface area contributed by atoms with E-state index in [1.165, 1.54) is 0 Å². The van der Waals surface area contributed by atoms with E-state index in [1.807, 2.05) is 4.68 Å². The van der Waals surface area contributed by atoms with Gasteiger partial charge in [0.25, 0.3) is 5.56 Å². The van der Waals surface area contributed by atoms with Crippen LogP contribution in [0.15, 0.2) is 4.79 Å². The molecule has 0 spiro atoms. The van der Waals surface area contributed by atoms with Crippen LogP contribution in [0.5, 0.6) is 0 Å². The first kappa shape index (κ1) is 12.0. The minimum absolute atomic E-state index is 0.0428. The van der Waals surface area contributed by atoms with Gasteiger partial charge in [-0.2, -0.15) is 0 Å². The lowest BCUT2D eigenvalue weighted by molar-refractivity contribution is 0.280. The van der Waals surface area contributed by atoms with E-state index in [1.54, 1.807) is 9.58 Å². The molecule has 0 bridgehead atoms. The normalized spacial score (nSPS) is 14.0. The predicted octanol–water partition coefficient (Wildman–Crippen LogP) is -1.57. The molecular weight excluding hydrogens is 224 g/mol. The molecule has 96 valence electrons. The van der Waals surface area contributed by atoms with Crippen molar-refractivity contribution in [2.75, 3.05) is 36.9 Å². The minimum atomic E-state index is -0.182. The molecule has 0 saturated carbocycles. The maximum absolute atomic E-state index is 11.9. The van der Waals surface area contributed by atoms with Crippen molar-refractivity contribution in [3.8, 4) is 0 Å². The highest BCUT2D eigenvalue weighted by atomic mass is 16.3. The molecule has 0 fully saturated rings. The van der Waals surface area contributed by atoms with Gasteiger partial charge in [0.2, 0.25) is 0 Å². The van der Waals surface area contributed by atoms with Crippen LogP contribution in [0.3, 0.4) is 0 Å². The Balaban J connectivity index is 2.42. The number of rotatable bonds is 5. The number of aliphatic hydroxyl groups excluding tert-OH is 2. The van der Waals surface area contributed by atoms with Crippen LogP contribution in [0, 0.1) is 0 Å². The van der Waals surface area contributed by atoms with Crippen LogP contribution in [0.1, 0.15) is 6.42 Å². The molecule has 7 nitrogen and oxygen atoms in total. The Morgan fingerprint density at radius 1 is 1.18 bits per heavy atom. The van der Waals surface area contributed by atoms with E-state index in [0.29, 0.717) is 25.5 Å². The van der Waals surface area contributed by atoms with Crippen LogP contribution in [-0.2, 0) is 13.1 Å². The Morgan fingerprint density at radius 2 is 1.76 bits per heavy atom. The summed E-state index contributed by atoms with van der Waals surface area (Å²) in [6.45, 7) is 2.05. The summed E-state index contributed by atoms with van der Waals surface area (Å²) in [6.07, 6.45) is 0.911. The Labute approximate surface area is 98.6 Å². The van der Waals surface area contributed by atoms with Gasteiger partial charge in [0.15, 0.2) is 5.82 Å². The van der Waals surface area contributed by atoms with Gasteiger partial charge in [-0.15, -0.1) is 0 Å². The van der Waals surface area contributed by atoms with Crippen molar-refractivity contribution in [3.63, 3.8) is 0 Å². The molecule has 0 saturated heterocycles. The quantitative estimate of drug-likeness (QED) is 0.579. The molecule has 17 heavy (non-hydrogen) atoms. The Bertz CT molecular complexity index is 445. The molecule has 0 radical (unpaired) electrons. The highest BCUT2D eigenvalue weighted by Crippen LogP contribution is 2.24. The van der Waals surface area contributed by atoms with Gasteiger partial charge in [-0.1, -0.05) is 0 Å². The van der Waals surface area contributed by atoms with Crippen LogP contribution in [0.2, 0.25) is 0 Å². The van der Waals surface area contributed by atoms with E-state index < -0.39 is 0 Å². The molecule has 4 N–H and O–H groups in total. The van der Waals surface area contributed by atoms with Crippen LogP contribution in [-0.4, -0.2) is 45.9 Å². The summed E-state index contributed by atoms with van der Waals surface area (Å²) >= 11 is 0. The smallest absolute Gasteiger partial charge is 0.292 e. The average molecular weight is 242 g/mol. The number of hydrogen-bond donors (Lipinski definition) is 3. The number of aromatic nitrogens is 2. The van der Waals surface area contributed by atoms with E-state index in [9.17, 15) is 4.79 Å². The predicted molar refractivity (Wildman–Crippen MR) is 64.1 cm³/mol. The summed E-state index contributed by atoms with van der Waals surface area (Å²) in [5, 5.41) is 18.0. The van der Waals surface area contributed by atoms with Crippen molar-refractivity contribution < 1.29 is 10.2 Å². The summed E-state index contributed by atoms with van der Waals surface area (Å²) < 4.78 is 3.45. The first-order valence-electron chi connectivity index (χ1n) is 5.76. The van der Waals surface area contributed by atoms with Crippen molar-refractivity contribution in [1.82, 2.24) is 9.36 Å².